The molecule has 0 amide bonds. The van der Waals surface area contributed by atoms with Crippen LogP contribution in [0.3, 0.4) is 0 Å². The smallest absolute Gasteiger partial charge is 0.280 e. The number of halogens is 6. The number of anilines is 1. The summed E-state index contributed by atoms with van der Waals surface area (Å²) in [5.74, 6) is -0.0847. The Labute approximate surface area is 159 Å². The molecule has 0 radical (unpaired) electrons. The van der Waals surface area contributed by atoms with Crippen LogP contribution < -0.4 is 4.72 Å². The number of sulfonamides is 1. The van der Waals surface area contributed by atoms with Gasteiger partial charge in [0, 0.05) is 11.9 Å². The number of nitrogens with one attached hydrogen (secondary N) is 1. The first-order valence-corrected chi connectivity index (χ1v) is 9.13. The van der Waals surface area contributed by atoms with Crippen LogP contribution in [0.2, 0.25) is 0 Å². The summed E-state index contributed by atoms with van der Waals surface area (Å²) in [6.45, 7) is 0. The van der Waals surface area contributed by atoms with Gasteiger partial charge in [-0.1, -0.05) is 6.07 Å². The Balaban J connectivity index is 1.84. The Morgan fingerprint density at radius 1 is 0.897 bits per heavy atom. The Morgan fingerprint density at radius 3 is 2.17 bits per heavy atom. The second-order valence-electron chi connectivity index (χ2n) is 5.71. The Bertz CT molecular complexity index is 1120. The maximum absolute atomic E-state index is 12.7. The number of nitrogens with zero attached hydrogens (tertiary/aromatic N) is 3. The minimum Gasteiger partial charge on any atom is -0.280 e. The van der Waals surface area contributed by atoms with E-state index in [4.69, 9.17) is 0 Å². The normalized spacial score (nSPS) is 12.8. The molecule has 29 heavy (non-hydrogen) atoms. The Morgan fingerprint density at radius 2 is 1.59 bits per heavy atom. The molecule has 0 unspecified atom stereocenters. The molecule has 0 saturated heterocycles. The fourth-order valence-electron chi connectivity index (χ4n) is 2.23. The molecular weight excluding hydrogens is 426 g/mol. The van der Waals surface area contributed by atoms with Crippen molar-refractivity contribution in [3.8, 4) is 5.82 Å². The third-order valence-corrected chi connectivity index (χ3v) is 4.96. The molecule has 2 aromatic heterocycles. The predicted octanol–water partition coefficient (Wildman–Crippen LogP) is 4.11. The summed E-state index contributed by atoms with van der Waals surface area (Å²) >= 11 is 0. The summed E-state index contributed by atoms with van der Waals surface area (Å²) in [5.41, 5.74) is -2.35. The molecule has 0 spiro atoms. The highest BCUT2D eigenvalue weighted by molar-refractivity contribution is 7.92. The van der Waals surface area contributed by atoms with Crippen molar-refractivity contribution < 1.29 is 34.8 Å². The van der Waals surface area contributed by atoms with E-state index in [1.165, 1.54) is 0 Å². The van der Waals surface area contributed by atoms with E-state index in [2.05, 4.69) is 10.1 Å². The monoisotopic (exact) mass is 436 g/mol. The molecule has 154 valence electrons. The number of benzene rings is 1. The van der Waals surface area contributed by atoms with Gasteiger partial charge in [0.15, 0.2) is 5.82 Å². The van der Waals surface area contributed by atoms with Gasteiger partial charge in [-0.3, -0.25) is 4.72 Å². The van der Waals surface area contributed by atoms with Crippen molar-refractivity contribution in [2.75, 3.05) is 4.72 Å². The van der Waals surface area contributed by atoms with E-state index in [9.17, 15) is 34.8 Å². The third-order valence-electron chi connectivity index (χ3n) is 3.62. The summed E-state index contributed by atoms with van der Waals surface area (Å²) < 4.78 is 104. The van der Waals surface area contributed by atoms with E-state index >= 15 is 0 Å². The molecule has 1 N–H and O–H groups in total. The van der Waals surface area contributed by atoms with Gasteiger partial charge in [-0.2, -0.15) is 31.4 Å². The lowest BCUT2D eigenvalue weighted by Gasteiger charge is -2.10. The molecule has 0 aliphatic carbocycles. The molecule has 0 saturated carbocycles. The lowest BCUT2D eigenvalue weighted by Crippen LogP contribution is -2.13. The molecule has 2 heterocycles. The van der Waals surface area contributed by atoms with Crippen LogP contribution in [-0.4, -0.2) is 23.2 Å². The van der Waals surface area contributed by atoms with Gasteiger partial charge in [-0.05, 0) is 30.3 Å². The summed E-state index contributed by atoms with van der Waals surface area (Å²) in [4.78, 5) is 3.15. The fraction of sp³-hybridized carbons (Fsp3) is 0.125. The van der Waals surface area contributed by atoms with Crippen molar-refractivity contribution in [3.05, 3.63) is 66.1 Å². The highest BCUT2D eigenvalue weighted by Gasteiger charge is 2.31. The van der Waals surface area contributed by atoms with E-state index in [0.29, 0.717) is 12.3 Å². The fourth-order valence-corrected chi connectivity index (χ4v) is 3.21. The zero-order chi connectivity index (χ0) is 21.4. The van der Waals surface area contributed by atoms with Crippen LogP contribution in [0.25, 0.3) is 5.82 Å². The average Bonchev–Trinajstić information content (AvgIpc) is 3.11. The van der Waals surface area contributed by atoms with Gasteiger partial charge < -0.3 is 0 Å². The van der Waals surface area contributed by atoms with Crippen molar-refractivity contribution in [3.63, 3.8) is 0 Å². The number of rotatable bonds is 4. The van der Waals surface area contributed by atoms with Crippen LogP contribution in [0.1, 0.15) is 11.1 Å². The molecule has 6 nitrogen and oxygen atoms in total. The Kier molecular flexibility index (Phi) is 5.03. The van der Waals surface area contributed by atoms with Gasteiger partial charge in [0.2, 0.25) is 0 Å². The number of pyridine rings is 1. The van der Waals surface area contributed by atoms with E-state index in [-0.39, 0.29) is 11.5 Å². The minimum absolute atomic E-state index is 0.0847. The number of hydrogen-bond donors (Lipinski definition) is 1. The van der Waals surface area contributed by atoms with E-state index in [0.717, 1.165) is 47.4 Å². The molecule has 1 aromatic carbocycles. The van der Waals surface area contributed by atoms with Crippen molar-refractivity contribution >= 4 is 15.7 Å². The lowest BCUT2D eigenvalue weighted by atomic mass is 10.2. The summed E-state index contributed by atoms with van der Waals surface area (Å²) in [6.07, 6.45) is -6.83. The van der Waals surface area contributed by atoms with Crippen molar-refractivity contribution in [1.82, 2.24) is 14.8 Å². The SMILES string of the molecule is O=S(=O)(Nc1cccc(C(F)(F)F)c1)c1cnn(-c2ccc(C(F)(F)F)cn2)c1. The number of hydrogen-bond acceptors (Lipinski definition) is 4. The Hall–Kier alpha value is -3.09. The maximum atomic E-state index is 12.7. The molecule has 3 aromatic rings. The topological polar surface area (TPSA) is 76.9 Å². The molecular formula is C16H10F6N4O2S. The second kappa shape index (κ2) is 7.06. The summed E-state index contributed by atoms with van der Waals surface area (Å²) in [5, 5.41) is 3.72. The van der Waals surface area contributed by atoms with Crippen LogP contribution in [0.5, 0.6) is 0 Å². The largest absolute Gasteiger partial charge is 0.417 e. The zero-order valence-corrected chi connectivity index (χ0v) is 14.8. The van der Waals surface area contributed by atoms with Gasteiger partial charge in [0.05, 0.1) is 23.5 Å². The number of alkyl halides is 6. The van der Waals surface area contributed by atoms with E-state index < -0.39 is 38.4 Å². The third kappa shape index (κ3) is 4.67. The van der Waals surface area contributed by atoms with Crippen LogP contribution >= 0.6 is 0 Å². The highest BCUT2D eigenvalue weighted by atomic mass is 32.2. The minimum atomic E-state index is -4.65. The van der Waals surface area contributed by atoms with Gasteiger partial charge >= 0.3 is 12.4 Å². The summed E-state index contributed by atoms with van der Waals surface area (Å²) in [7, 11) is -4.30. The van der Waals surface area contributed by atoms with E-state index in [1.54, 1.807) is 0 Å². The maximum Gasteiger partial charge on any atom is 0.417 e. The van der Waals surface area contributed by atoms with Crippen LogP contribution in [-0.2, 0) is 22.4 Å². The van der Waals surface area contributed by atoms with Crippen LogP contribution in [0.15, 0.2) is 59.9 Å². The molecule has 3 rings (SSSR count). The lowest BCUT2D eigenvalue weighted by molar-refractivity contribution is -0.138. The first-order chi connectivity index (χ1) is 13.4. The number of aromatic nitrogens is 3. The molecule has 0 bridgehead atoms. The van der Waals surface area contributed by atoms with Crippen molar-refractivity contribution in [1.29, 1.82) is 0 Å². The molecule has 0 aliphatic heterocycles. The van der Waals surface area contributed by atoms with Gasteiger partial charge in [-0.15, -0.1) is 0 Å². The second-order valence-corrected chi connectivity index (χ2v) is 7.39. The first kappa shape index (κ1) is 20.6. The highest BCUT2D eigenvalue weighted by Crippen LogP contribution is 2.31. The van der Waals surface area contributed by atoms with Crippen molar-refractivity contribution in [2.45, 2.75) is 17.2 Å². The molecule has 13 heteroatoms. The summed E-state index contributed by atoms with van der Waals surface area (Å²) in [6, 6.07) is 5.32. The predicted molar refractivity (Wildman–Crippen MR) is 88.6 cm³/mol. The standard InChI is InChI=1S/C16H10F6N4O2S/c17-15(18,19)10-2-1-3-12(6-10)25-29(27,28)13-8-24-26(9-13)14-5-4-11(7-23-14)16(20,21)22/h1-9,25H. The zero-order valence-electron chi connectivity index (χ0n) is 14.0. The van der Waals surface area contributed by atoms with Gasteiger partial charge in [-0.25, -0.2) is 18.1 Å². The van der Waals surface area contributed by atoms with Crippen LogP contribution in [0.4, 0.5) is 32.0 Å². The van der Waals surface area contributed by atoms with E-state index in [1.807, 2.05) is 4.72 Å². The van der Waals surface area contributed by atoms with Crippen molar-refractivity contribution in [2.24, 2.45) is 0 Å². The quantitative estimate of drug-likeness (QED) is 0.625. The van der Waals surface area contributed by atoms with Crippen LogP contribution in [0, 0.1) is 0 Å². The first-order valence-electron chi connectivity index (χ1n) is 7.65. The van der Waals surface area contributed by atoms with Gasteiger partial charge in [0.25, 0.3) is 10.0 Å². The average molecular weight is 436 g/mol. The molecule has 0 fully saturated rings. The molecule has 0 atom stereocenters. The molecule has 0 aliphatic rings. The van der Waals surface area contributed by atoms with Gasteiger partial charge in [0.1, 0.15) is 4.90 Å².